The van der Waals surface area contributed by atoms with E-state index in [4.69, 9.17) is 4.42 Å². The Bertz CT molecular complexity index is 2370. The van der Waals surface area contributed by atoms with Gasteiger partial charge in [-0.1, -0.05) is 103 Å². The summed E-state index contributed by atoms with van der Waals surface area (Å²) < 4.78 is 9.00. The van der Waals surface area contributed by atoms with Crippen molar-refractivity contribution in [2.45, 2.75) is 15.2 Å². The molecule has 0 bridgehead atoms. The smallest absolute Gasteiger partial charge is 0.135 e. The van der Waals surface area contributed by atoms with Crippen molar-refractivity contribution >= 4 is 55.5 Å². The number of hydrogen-bond acceptors (Lipinski definition) is 2. The summed E-state index contributed by atoms with van der Waals surface area (Å²) in [6, 6.07) is 46.8. The molecular formula is C37H21NOS. The third kappa shape index (κ3) is 2.36. The summed E-state index contributed by atoms with van der Waals surface area (Å²) in [4.78, 5) is 2.59. The van der Waals surface area contributed by atoms with Crippen LogP contribution in [0.15, 0.2) is 142 Å². The molecule has 10 rings (SSSR count). The highest BCUT2D eigenvalue weighted by atomic mass is 32.2. The minimum Gasteiger partial charge on any atom is -0.456 e. The molecule has 2 aliphatic rings. The third-order valence-electron chi connectivity index (χ3n) is 9.04. The molecule has 2 aliphatic heterocycles. The molecule has 40 heavy (non-hydrogen) atoms. The van der Waals surface area contributed by atoms with E-state index in [0.29, 0.717) is 0 Å². The quantitative estimate of drug-likeness (QED) is 0.195. The average Bonchev–Trinajstić information content (AvgIpc) is 3.54. The Morgan fingerprint density at radius 2 is 1.23 bits per heavy atom. The van der Waals surface area contributed by atoms with Crippen molar-refractivity contribution in [3.8, 4) is 5.69 Å². The molecule has 1 atom stereocenters. The lowest BCUT2D eigenvalue weighted by molar-refractivity contribution is 0.657. The standard InChI is InChI=1S/C37H21NOS/c1-5-16-30-22(10-1)24-12-9-15-28-36(24)38(30)31-17-6-3-13-26(31)37(28)27-14-4-8-19-34(27)40-35-20-25-23-11-2-7-18-32(23)39-33(25)21-29(35)37/h1-21H. The van der Waals surface area contributed by atoms with Crippen molar-refractivity contribution in [3.05, 3.63) is 150 Å². The summed E-state index contributed by atoms with van der Waals surface area (Å²) in [5.74, 6) is 0. The Morgan fingerprint density at radius 3 is 2.17 bits per heavy atom. The number of aromatic nitrogens is 1. The van der Waals surface area contributed by atoms with Gasteiger partial charge in [-0.25, -0.2) is 0 Å². The van der Waals surface area contributed by atoms with Crippen LogP contribution in [0, 0.1) is 0 Å². The largest absolute Gasteiger partial charge is 0.456 e. The molecule has 3 heteroatoms. The monoisotopic (exact) mass is 527 g/mol. The van der Waals surface area contributed by atoms with Crippen molar-refractivity contribution in [2.75, 3.05) is 0 Å². The second-order valence-corrected chi connectivity index (χ2v) is 11.9. The Balaban J connectivity index is 1.47. The molecule has 2 nitrogen and oxygen atoms in total. The van der Waals surface area contributed by atoms with E-state index in [-0.39, 0.29) is 0 Å². The number of nitrogens with zero attached hydrogens (tertiary/aromatic N) is 1. The molecule has 1 spiro atoms. The van der Waals surface area contributed by atoms with Gasteiger partial charge in [0.1, 0.15) is 11.2 Å². The van der Waals surface area contributed by atoms with Crippen molar-refractivity contribution in [3.63, 3.8) is 0 Å². The maximum Gasteiger partial charge on any atom is 0.135 e. The van der Waals surface area contributed by atoms with E-state index in [1.165, 1.54) is 70.3 Å². The van der Waals surface area contributed by atoms with Gasteiger partial charge in [-0.05, 0) is 58.7 Å². The SMILES string of the molecule is c1ccc2c(c1)Sc1cc3c(cc1C21c2ccccc2-n2c4ccccc4c4cccc1c42)oc1ccccc13. The van der Waals surface area contributed by atoms with Crippen LogP contribution in [-0.4, -0.2) is 4.57 Å². The van der Waals surface area contributed by atoms with Crippen LogP contribution < -0.4 is 0 Å². The second kappa shape index (κ2) is 7.26. The third-order valence-corrected chi connectivity index (χ3v) is 10.2. The van der Waals surface area contributed by atoms with Gasteiger partial charge in [0.25, 0.3) is 0 Å². The van der Waals surface area contributed by atoms with Crippen LogP contribution in [0.5, 0.6) is 0 Å². The molecule has 186 valence electrons. The van der Waals surface area contributed by atoms with E-state index >= 15 is 0 Å². The molecule has 0 fully saturated rings. The van der Waals surface area contributed by atoms with Gasteiger partial charge in [0, 0.05) is 31.3 Å². The molecule has 2 aromatic heterocycles. The summed E-state index contributed by atoms with van der Waals surface area (Å²) >= 11 is 1.88. The van der Waals surface area contributed by atoms with Gasteiger partial charge in [0.05, 0.1) is 22.1 Å². The fraction of sp³-hybridized carbons (Fsp3) is 0.0270. The number of furan rings is 1. The van der Waals surface area contributed by atoms with Crippen molar-refractivity contribution in [2.24, 2.45) is 0 Å². The van der Waals surface area contributed by atoms with Crippen LogP contribution >= 0.6 is 11.8 Å². The Hall–Kier alpha value is -4.73. The lowest BCUT2D eigenvalue weighted by Gasteiger charge is -2.45. The number of benzene rings is 6. The van der Waals surface area contributed by atoms with Crippen molar-refractivity contribution in [1.82, 2.24) is 4.57 Å². The van der Waals surface area contributed by atoms with Crippen LogP contribution in [-0.2, 0) is 5.41 Å². The maximum atomic E-state index is 6.50. The van der Waals surface area contributed by atoms with Crippen LogP contribution in [0.3, 0.4) is 0 Å². The van der Waals surface area contributed by atoms with Gasteiger partial charge in [-0.2, -0.15) is 0 Å². The fourth-order valence-electron chi connectivity index (χ4n) is 7.54. The second-order valence-electron chi connectivity index (χ2n) is 10.9. The molecule has 0 saturated heterocycles. The van der Waals surface area contributed by atoms with Gasteiger partial charge in [-0.3, -0.25) is 0 Å². The zero-order valence-corrected chi connectivity index (χ0v) is 22.2. The minimum atomic E-state index is -0.481. The van der Waals surface area contributed by atoms with Gasteiger partial charge in [0.15, 0.2) is 0 Å². The molecule has 4 heterocycles. The molecule has 0 radical (unpaired) electrons. The highest BCUT2D eigenvalue weighted by Crippen LogP contribution is 2.61. The molecule has 0 aliphatic carbocycles. The number of rotatable bonds is 0. The minimum absolute atomic E-state index is 0.481. The number of fused-ring (bicyclic) bond motifs is 14. The van der Waals surface area contributed by atoms with E-state index in [0.717, 1.165) is 11.2 Å². The summed E-state index contributed by atoms with van der Waals surface area (Å²) in [5.41, 5.74) is 10.4. The Morgan fingerprint density at radius 1 is 0.500 bits per heavy atom. The highest BCUT2D eigenvalue weighted by Gasteiger charge is 2.49. The lowest BCUT2D eigenvalue weighted by atomic mass is 9.62. The predicted molar refractivity (Wildman–Crippen MR) is 164 cm³/mol. The van der Waals surface area contributed by atoms with E-state index < -0.39 is 5.41 Å². The fourth-order valence-corrected chi connectivity index (χ4v) is 8.75. The first-order valence-corrected chi connectivity index (χ1v) is 14.5. The molecule has 6 aromatic carbocycles. The van der Waals surface area contributed by atoms with Gasteiger partial charge in [-0.15, -0.1) is 0 Å². The summed E-state index contributed by atoms with van der Waals surface area (Å²) in [6.45, 7) is 0. The molecule has 0 N–H and O–H groups in total. The van der Waals surface area contributed by atoms with E-state index in [2.05, 4.69) is 126 Å². The zero-order chi connectivity index (χ0) is 26.0. The van der Waals surface area contributed by atoms with Crippen LogP contribution in [0.4, 0.5) is 0 Å². The van der Waals surface area contributed by atoms with Crippen molar-refractivity contribution in [1.29, 1.82) is 0 Å². The van der Waals surface area contributed by atoms with E-state index in [1.807, 2.05) is 17.8 Å². The molecule has 0 amide bonds. The molecule has 8 aromatic rings. The predicted octanol–water partition coefficient (Wildman–Crippen LogP) is 9.84. The zero-order valence-electron chi connectivity index (χ0n) is 21.4. The Labute approximate surface area is 234 Å². The van der Waals surface area contributed by atoms with Gasteiger partial charge in [0.2, 0.25) is 0 Å². The number of para-hydroxylation sites is 4. The summed E-state index contributed by atoms with van der Waals surface area (Å²) in [7, 11) is 0. The molecule has 1 unspecified atom stereocenters. The van der Waals surface area contributed by atoms with Gasteiger partial charge >= 0.3 is 0 Å². The first-order chi connectivity index (χ1) is 19.8. The maximum absolute atomic E-state index is 6.50. The summed E-state index contributed by atoms with van der Waals surface area (Å²) in [5, 5.41) is 4.93. The van der Waals surface area contributed by atoms with E-state index in [9.17, 15) is 0 Å². The highest BCUT2D eigenvalue weighted by molar-refractivity contribution is 7.99. The topological polar surface area (TPSA) is 18.1 Å². The van der Waals surface area contributed by atoms with E-state index in [1.54, 1.807) is 0 Å². The van der Waals surface area contributed by atoms with Crippen molar-refractivity contribution < 1.29 is 4.42 Å². The molecule has 0 saturated carbocycles. The van der Waals surface area contributed by atoms with Crippen LogP contribution in [0.25, 0.3) is 49.4 Å². The van der Waals surface area contributed by atoms with Crippen LogP contribution in [0.2, 0.25) is 0 Å². The lowest BCUT2D eigenvalue weighted by Crippen LogP contribution is -2.37. The first-order valence-electron chi connectivity index (χ1n) is 13.7. The summed E-state index contributed by atoms with van der Waals surface area (Å²) in [6.07, 6.45) is 0. The first kappa shape index (κ1) is 21.1. The number of hydrogen-bond donors (Lipinski definition) is 0. The molecular weight excluding hydrogens is 506 g/mol. The van der Waals surface area contributed by atoms with Gasteiger partial charge < -0.3 is 8.98 Å². The average molecular weight is 528 g/mol. The Kier molecular flexibility index (Phi) is 3.84. The normalized spacial score (nSPS) is 17.0. The van der Waals surface area contributed by atoms with Crippen LogP contribution in [0.1, 0.15) is 22.3 Å².